The van der Waals surface area contributed by atoms with E-state index < -0.39 is 13.9 Å². The van der Waals surface area contributed by atoms with Gasteiger partial charge in [-0.2, -0.15) is 0 Å². The molecule has 0 saturated heterocycles. The van der Waals surface area contributed by atoms with Crippen molar-refractivity contribution < 1.29 is 28.3 Å². The zero-order valence-corrected chi connectivity index (χ0v) is 9.77. The fraction of sp³-hybridized carbons (Fsp3) is 1.00. The Balaban J connectivity index is 3.72. The topological polar surface area (TPSA) is 97.3 Å². The molecule has 0 aliphatic heterocycles. The Morgan fingerprint density at radius 1 is 1.53 bits per heavy atom. The maximum atomic E-state index is 11.1. The van der Waals surface area contributed by atoms with Crippen LogP contribution in [-0.2, 0) is 18.3 Å². The van der Waals surface area contributed by atoms with Crippen molar-refractivity contribution in [3.63, 3.8) is 0 Å². The maximum Gasteiger partial charge on any atom is 0.472 e. The van der Waals surface area contributed by atoms with Crippen LogP contribution >= 0.6 is 7.82 Å². The van der Waals surface area contributed by atoms with Crippen molar-refractivity contribution in [2.45, 2.75) is 13.0 Å². The summed E-state index contributed by atoms with van der Waals surface area (Å²) in [5.74, 6) is 0. The zero-order chi connectivity index (χ0) is 11.7. The van der Waals surface area contributed by atoms with E-state index in [1.165, 1.54) is 0 Å². The molecule has 0 amide bonds. The van der Waals surface area contributed by atoms with Crippen molar-refractivity contribution in [3.8, 4) is 0 Å². The average Bonchev–Trinajstić information content (AvgIpc) is 2.14. The van der Waals surface area contributed by atoms with E-state index in [0.717, 1.165) is 0 Å². The molecule has 0 aromatic heterocycles. The summed E-state index contributed by atoms with van der Waals surface area (Å²) in [7, 11) is -2.36. The number of phosphoric ester groups is 1. The fourth-order valence-corrected chi connectivity index (χ4v) is 1.66. The number of phosphoric acid groups is 1. The van der Waals surface area contributed by atoms with Gasteiger partial charge in [-0.25, -0.2) is 4.57 Å². The lowest BCUT2D eigenvalue weighted by Crippen LogP contribution is -2.20. The molecule has 15 heavy (non-hydrogen) atoms. The van der Waals surface area contributed by atoms with E-state index in [9.17, 15) is 4.57 Å². The number of rotatable bonds is 9. The number of hydrogen-bond donors (Lipinski definition) is 3. The van der Waals surface area contributed by atoms with Crippen molar-refractivity contribution in [2.75, 3.05) is 33.6 Å². The van der Waals surface area contributed by atoms with Crippen LogP contribution in [0.2, 0.25) is 0 Å². The highest BCUT2D eigenvalue weighted by Crippen LogP contribution is 2.44. The van der Waals surface area contributed by atoms with E-state index in [-0.39, 0.29) is 19.8 Å². The molecule has 0 radical (unpaired) electrons. The van der Waals surface area contributed by atoms with Gasteiger partial charge in [0.05, 0.1) is 32.7 Å². The Kier molecular flexibility index (Phi) is 8.17. The Morgan fingerprint density at radius 3 is 2.73 bits per heavy atom. The number of aliphatic hydroxyl groups excluding tert-OH is 1. The summed E-state index contributed by atoms with van der Waals surface area (Å²) in [5, 5.41) is 11.1. The molecule has 0 fully saturated rings. The molecule has 3 N–H and O–H groups in total. The summed E-state index contributed by atoms with van der Waals surface area (Å²) in [6, 6.07) is 0. The molecule has 0 rings (SSSR count). The predicted octanol–water partition coefficient (Wildman–Crippen LogP) is -0.306. The Labute approximate surface area is 89.0 Å². The third-order valence-corrected chi connectivity index (χ3v) is 2.39. The van der Waals surface area contributed by atoms with E-state index in [4.69, 9.17) is 19.3 Å². The van der Waals surface area contributed by atoms with Crippen LogP contribution in [0.3, 0.4) is 0 Å². The summed E-state index contributed by atoms with van der Waals surface area (Å²) in [5.41, 5.74) is 0. The molecule has 2 atom stereocenters. The molecule has 0 aliphatic carbocycles. The quantitative estimate of drug-likeness (QED) is 0.290. The van der Waals surface area contributed by atoms with Crippen LogP contribution < -0.4 is 5.32 Å². The number of aliphatic hydroxyl groups is 1. The van der Waals surface area contributed by atoms with Crippen molar-refractivity contribution in [1.29, 1.82) is 0 Å². The van der Waals surface area contributed by atoms with Gasteiger partial charge in [0.2, 0.25) is 0 Å². The fourth-order valence-electron chi connectivity index (χ4n) is 0.771. The molecule has 0 aliphatic rings. The smallest absolute Gasteiger partial charge is 0.394 e. The zero-order valence-electron chi connectivity index (χ0n) is 8.88. The molecule has 0 aromatic carbocycles. The van der Waals surface area contributed by atoms with Crippen LogP contribution in [-0.4, -0.2) is 49.7 Å². The molecular formula is C7H18NO6P. The van der Waals surface area contributed by atoms with Gasteiger partial charge in [0.25, 0.3) is 0 Å². The second kappa shape index (κ2) is 8.18. The molecule has 0 bridgehead atoms. The maximum absolute atomic E-state index is 11.1. The van der Waals surface area contributed by atoms with E-state index in [0.29, 0.717) is 6.73 Å². The average molecular weight is 243 g/mol. The van der Waals surface area contributed by atoms with Crippen LogP contribution in [0.15, 0.2) is 0 Å². The Hall–Kier alpha value is -0.0100. The molecule has 2 unspecified atom stereocenters. The van der Waals surface area contributed by atoms with Crippen LogP contribution in [0.25, 0.3) is 0 Å². The largest absolute Gasteiger partial charge is 0.472 e. The van der Waals surface area contributed by atoms with Crippen LogP contribution in [0.1, 0.15) is 6.92 Å². The van der Waals surface area contributed by atoms with Crippen LogP contribution in [0.5, 0.6) is 0 Å². The van der Waals surface area contributed by atoms with Gasteiger partial charge in [0.1, 0.15) is 0 Å². The molecule has 0 aromatic rings. The van der Waals surface area contributed by atoms with Gasteiger partial charge in [0.15, 0.2) is 0 Å². The highest BCUT2D eigenvalue weighted by Gasteiger charge is 2.24. The lowest BCUT2D eigenvalue weighted by Gasteiger charge is -2.17. The third kappa shape index (κ3) is 8.95. The Morgan fingerprint density at radius 2 is 2.20 bits per heavy atom. The summed E-state index contributed by atoms with van der Waals surface area (Å²) in [4.78, 5) is 9.10. The van der Waals surface area contributed by atoms with Gasteiger partial charge >= 0.3 is 7.82 Å². The van der Waals surface area contributed by atoms with Crippen molar-refractivity contribution >= 4 is 7.82 Å². The highest BCUT2D eigenvalue weighted by atomic mass is 31.2. The van der Waals surface area contributed by atoms with Gasteiger partial charge in [-0.3, -0.25) is 14.4 Å². The molecular weight excluding hydrogens is 225 g/mol. The number of hydrogen-bond acceptors (Lipinski definition) is 6. The van der Waals surface area contributed by atoms with Crippen LogP contribution in [0.4, 0.5) is 0 Å². The summed E-state index contributed by atoms with van der Waals surface area (Å²) < 4.78 is 25.3. The molecule has 0 heterocycles. The van der Waals surface area contributed by atoms with E-state index in [1.54, 1.807) is 14.0 Å². The minimum atomic E-state index is -4.07. The van der Waals surface area contributed by atoms with Crippen LogP contribution in [0, 0.1) is 0 Å². The molecule has 7 nitrogen and oxygen atoms in total. The first kappa shape index (κ1) is 15.0. The predicted molar refractivity (Wildman–Crippen MR) is 53.3 cm³/mol. The SMILES string of the molecule is CNCOCC(C)OP(=O)(O)OCCO. The lowest BCUT2D eigenvalue weighted by molar-refractivity contribution is 0.0269. The van der Waals surface area contributed by atoms with Crippen molar-refractivity contribution in [1.82, 2.24) is 5.32 Å². The standard InChI is InChI=1S/C7H18NO6P/c1-7(5-12-6-8-2)14-15(10,11)13-4-3-9/h7-9H,3-6H2,1-2H3,(H,10,11). The van der Waals surface area contributed by atoms with Gasteiger partial charge < -0.3 is 14.7 Å². The van der Waals surface area contributed by atoms with E-state index in [2.05, 4.69) is 9.84 Å². The first-order valence-corrected chi connectivity index (χ1v) is 6.00. The van der Waals surface area contributed by atoms with Gasteiger partial charge in [-0.1, -0.05) is 0 Å². The minimum absolute atomic E-state index is 0.174. The normalized spacial score (nSPS) is 17.3. The monoisotopic (exact) mass is 243 g/mol. The minimum Gasteiger partial charge on any atom is -0.394 e. The molecule has 92 valence electrons. The Bertz CT molecular complexity index is 202. The van der Waals surface area contributed by atoms with Gasteiger partial charge in [-0.05, 0) is 14.0 Å². The third-order valence-electron chi connectivity index (χ3n) is 1.26. The molecule has 0 saturated carbocycles. The first-order valence-electron chi connectivity index (χ1n) is 4.50. The molecule has 8 heteroatoms. The first-order chi connectivity index (χ1) is 7.02. The molecule has 0 spiro atoms. The second-order valence-corrected chi connectivity index (χ2v) is 4.22. The summed E-state index contributed by atoms with van der Waals surface area (Å²) in [6.45, 7) is 1.52. The summed E-state index contributed by atoms with van der Waals surface area (Å²) in [6.07, 6.45) is -0.562. The lowest BCUT2D eigenvalue weighted by atomic mass is 10.4. The van der Waals surface area contributed by atoms with Gasteiger partial charge in [-0.15, -0.1) is 0 Å². The number of nitrogens with one attached hydrogen (secondary N) is 1. The van der Waals surface area contributed by atoms with Gasteiger partial charge in [0, 0.05) is 0 Å². The highest BCUT2D eigenvalue weighted by molar-refractivity contribution is 7.47. The number of ether oxygens (including phenoxy) is 1. The van der Waals surface area contributed by atoms with E-state index >= 15 is 0 Å². The van der Waals surface area contributed by atoms with Crippen molar-refractivity contribution in [3.05, 3.63) is 0 Å². The second-order valence-electron chi connectivity index (χ2n) is 2.81. The van der Waals surface area contributed by atoms with E-state index in [1.807, 2.05) is 0 Å². The summed E-state index contributed by atoms with van der Waals surface area (Å²) >= 11 is 0. The van der Waals surface area contributed by atoms with Crippen molar-refractivity contribution in [2.24, 2.45) is 0 Å².